The number of hydrogen-bond donors (Lipinski definition) is 3. The van der Waals surface area contributed by atoms with Gasteiger partial charge in [-0.2, -0.15) is 0 Å². The van der Waals surface area contributed by atoms with Crippen LogP contribution in [0.25, 0.3) is 11.0 Å². The van der Waals surface area contributed by atoms with E-state index in [1.165, 1.54) is 24.6 Å². The third kappa shape index (κ3) is 7.35. The standard InChI is InChI=1S/C22H27IN7O2PS/c23-33-32-8-7-31-17-9-15(11-26-13-17)28-16-10-19-18(27-12-16)5-6-20(29-19)30-22(25)34-21(24)14-3-1-2-4-14/h5-6,9-14,21,28,33H,1-4,7-8,24H2,(H2,25,29,30). The van der Waals surface area contributed by atoms with Crippen LogP contribution in [0, 0.1) is 5.92 Å². The summed E-state index contributed by atoms with van der Waals surface area (Å²) in [6.45, 7) is 1.43. The van der Waals surface area contributed by atoms with Crippen molar-refractivity contribution in [1.29, 1.82) is 0 Å². The summed E-state index contributed by atoms with van der Waals surface area (Å²) in [6, 6.07) is 7.49. The molecule has 2 atom stereocenters. The fourth-order valence-electron chi connectivity index (χ4n) is 3.76. The molecule has 9 nitrogen and oxygen atoms in total. The fourth-order valence-corrected chi connectivity index (χ4v) is 5.47. The molecule has 0 aromatic carbocycles. The van der Waals surface area contributed by atoms with Crippen LogP contribution in [0.3, 0.4) is 0 Å². The highest BCUT2D eigenvalue weighted by Gasteiger charge is 2.23. The second-order valence-corrected chi connectivity index (χ2v) is 10.8. The van der Waals surface area contributed by atoms with Gasteiger partial charge in [0.15, 0.2) is 11.0 Å². The summed E-state index contributed by atoms with van der Waals surface area (Å²) in [5.74, 6) is 1.70. The molecule has 5 N–H and O–H groups in total. The van der Waals surface area contributed by atoms with Crippen molar-refractivity contribution >= 4 is 73.6 Å². The lowest BCUT2D eigenvalue weighted by atomic mass is 10.1. The molecule has 1 aliphatic carbocycles. The first-order valence-electron chi connectivity index (χ1n) is 11.0. The van der Waals surface area contributed by atoms with Crippen molar-refractivity contribution in [2.24, 2.45) is 22.4 Å². The van der Waals surface area contributed by atoms with Gasteiger partial charge in [0.2, 0.25) is 0 Å². The van der Waals surface area contributed by atoms with E-state index in [0.29, 0.717) is 47.8 Å². The van der Waals surface area contributed by atoms with Crippen LogP contribution in [0.5, 0.6) is 5.75 Å². The quantitative estimate of drug-likeness (QED) is 0.0701. The molecule has 0 amide bonds. The van der Waals surface area contributed by atoms with Gasteiger partial charge >= 0.3 is 0 Å². The maximum atomic E-state index is 6.31. The number of halogens is 1. The molecule has 2 unspecified atom stereocenters. The number of thioether (sulfide) groups is 1. The van der Waals surface area contributed by atoms with Crippen LogP contribution >= 0.6 is 40.3 Å². The van der Waals surface area contributed by atoms with Crippen LogP contribution in [0.1, 0.15) is 25.7 Å². The van der Waals surface area contributed by atoms with Crippen molar-refractivity contribution in [2.45, 2.75) is 31.1 Å². The Morgan fingerprint density at radius 2 is 2.00 bits per heavy atom. The van der Waals surface area contributed by atoms with Gasteiger partial charge in [0, 0.05) is 6.07 Å². The van der Waals surface area contributed by atoms with Crippen LogP contribution in [0.2, 0.25) is 0 Å². The number of aliphatic imine (C=N–C) groups is 1. The maximum Gasteiger partial charge on any atom is 0.162 e. The first-order valence-corrected chi connectivity index (χ1v) is 15.9. The van der Waals surface area contributed by atoms with Crippen molar-refractivity contribution in [1.82, 2.24) is 15.0 Å². The Kier molecular flexibility index (Phi) is 9.51. The van der Waals surface area contributed by atoms with Gasteiger partial charge in [0.1, 0.15) is 12.4 Å². The average Bonchev–Trinajstić information content (AvgIpc) is 3.37. The molecule has 12 heteroatoms. The number of rotatable bonds is 10. The predicted octanol–water partition coefficient (Wildman–Crippen LogP) is 5.26. The Bertz CT molecular complexity index is 1130. The summed E-state index contributed by atoms with van der Waals surface area (Å²) in [5, 5.41) is 3.70. The van der Waals surface area contributed by atoms with Crippen molar-refractivity contribution < 1.29 is 9.26 Å². The number of nitrogens with one attached hydrogen (secondary N) is 1. The molecule has 1 fully saturated rings. The lowest BCUT2D eigenvalue weighted by Crippen LogP contribution is -2.28. The van der Waals surface area contributed by atoms with Gasteiger partial charge < -0.3 is 26.0 Å². The lowest BCUT2D eigenvalue weighted by molar-refractivity contribution is 0.237. The van der Waals surface area contributed by atoms with Crippen LogP contribution < -0.4 is 21.5 Å². The zero-order chi connectivity index (χ0) is 23.8. The van der Waals surface area contributed by atoms with Crippen molar-refractivity contribution in [3.8, 4) is 5.75 Å². The minimum Gasteiger partial charge on any atom is -0.489 e. The third-order valence-corrected chi connectivity index (χ3v) is 7.62. The maximum absolute atomic E-state index is 6.31. The molecule has 1 aliphatic rings. The largest absolute Gasteiger partial charge is 0.489 e. The molecule has 3 heterocycles. The van der Waals surface area contributed by atoms with Crippen LogP contribution in [-0.2, 0) is 4.52 Å². The van der Waals surface area contributed by atoms with Crippen LogP contribution in [0.4, 0.5) is 17.2 Å². The van der Waals surface area contributed by atoms with Gasteiger partial charge in [-0.05, 0) is 59.0 Å². The second kappa shape index (κ2) is 12.8. The van der Waals surface area contributed by atoms with E-state index >= 15 is 0 Å². The van der Waals surface area contributed by atoms with E-state index in [2.05, 4.69) is 47.3 Å². The van der Waals surface area contributed by atoms with E-state index < -0.39 is 0 Å². The van der Waals surface area contributed by atoms with E-state index in [9.17, 15) is 0 Å². The van der Waals surface area contributed by atoms with E-state index in [4.69, 9.17) is 20.7 Å². The molecule has 0 spiro atoms. The van der Waals surface area contributed by atoms with Crippen LogP contribution in [0.15, 0.2) is 47.8 Å². The minimum absolute atomic E-state index is 0.0308. The molecule has 3 aromatic heterocycles. The third-order valence-electron chi connectivity index (χ3n) is 5.38. The Hall–Kier alpha value is -1.79. The number of nitrogens with two attached hydrogens (primary N) is 2. The van der Waals surface area contributed by atoms with E-state index in [-0.39, 0.29) is 5.37 Å². The highest BCUT2D eigenvalue weighted by atomic mass is 127. The molecule has 0 saturated heterocycles. The summed E-state index contributed by atoms with van der Waals surface area (Å²) >= 11 is 3.60. The topological polar surface area (TPSA) is 134 Å². The van der Waals surface area contributed by atoms with Crippen LogP contribution in [-0.4, -0.2) is 38.7 Å². The lowest BCUT2D eigenvalue weighted by Gasteiger charge is -2.17. The Balaban J connectivity index is 1.43. The highest BCUT2D eigenvalue weighted by molar-refractivity contribution is 14.2. The summed E-state index contributed by atoms with van der Waals surface area (Å²) in [6.07, 6.45) is 9.95. The number of aromatic nitrogens is 3. The Morgan fingerprint density at radius 1 is 1.18 bits per heavy atom. The zero-order valence-electron chi connectivity index (χ0n) is 18.5. The fraction of sp³-hybridized carbons (Fsp3) is 0.364. The molecule has 1 saturated carbocycles. The van der Waals surface area contributed by atoms with E-state index in [1.54, 1.807) is 18.6 Å². The van der Waals surface area contributed by atoms with Crippen molar-refractivity contribution in [2.75, 3.05) is 18.5 Å². The average molecular weight is 611 g/mol. The zero-order valence-corrected chi connectivity index (χ0v) is 22.5. The van der Waals surface area contributed by atoms with Crippen molar-refractivity contribution in [3.05, 3.63) is 42.9 Å². The molecule has 0 aliphatic heterocycles. The molecule has 34 heavy (non-hydrogen) atoms. The molecule has 4 rings (SSSR count). The number of amidine groups is 1. The van der Waals surface area contributed by atoms with Gasteiger partial charge in [0.25, 0.3) is 0 Å². The van der Waals surface area contributed by atoms with Gasteiger partial charge in [-0.3, -0.25) is 9.97 Å². The van der Waals surface area contributed by atoms with E-state index in [1.807, 2.05) is 24.3 Å². The van der Waals surface area contributed by atoms with Gasteiger partial charge in [-0.1, -0.05) is 24.6 Å². The second-order valence-electron chi connectivity index (χ2n) is 7.82. The summed E-state index contributed by atoms with van der Waals surface area (Å²) in [4.78, 5) is 17.8. The molecule has 0 bridgehead atoms. The number of pyridine rings is 3. The van der Waals surface area contributed by atoms with Gasteiger partial charge in [-0.25, -0.2) is 9.98 Å². The van der Waals surface area contributed by atoms with Crippen molar-refractivity contribution in [3.63, 3.8) is 0 Å². The molecule has 180 valence electrons. The van der Waals surface area contributed by atoms with Gasteiger partial charge in [-0.15, -0.1) is 0 Å². The summed E-state index contributed by atoms with van der Waals surface area (Å²) in [5.41, 5.74) is 15.5. The smallest absolute Gasteiger partial charge is 0.162 e. The predicted molar refractivity (Wildman–Crippen MR) is 150 cm³/mol. The molecular weight excluding hydrogens is 584 g/mol. The molecule has 0 radical (unpaired) electrons. The summed E-state index contributed by atoms with van der Waals surface area (Å²) in [7, 11) is 0. The molecule has 3 aromatic rings. The highest BCUT2D eigenvalue weighted by Crippen LogP contribution is 2.32. The van der Waals surface area contributed by atoms with Gasteiger partial charge in [0.05, 0.1) is 59.4 Å². The Labute approximate surface area is 217 Å². The number of fused-ring (bicyclic) bond motifs is 1. The number of anilines is 2. The first-order chi connectivity index (χ1) is 16.6. The monoisotopic (exact) mass is 611 g/mol. The van der Waals surface area contributed by atoms with E-state index in [0.717, 1.165) is 29.7 Å². The Morgan fingerprint density at radius 3 is 2.82 bits per heavy atom. The minimum atomic E-state index is -0.0308. The SMILES string of the molecule is NC(=Nc1ccc2ncc(Nc3cncc(OCCOPI)c3)cc2n1)SC(N)C1CCCC1. The normalized spacial score (nSPS) is 15.9. The number of hydrogen-bond acceptors (Lipinski definition) is 9. The number of ether oxygens (including phenoxy) is 1. The molecular formula is C22H27IN7O2PS. The summed E-state index contributed by atoms with van der Waals surface area (Å²) < 4.78 is 11.0. The first kappa shape index (κ1) is 25.3. The number of nitrogens with zero attached hydrogens (tertiary/aromatic N) is 4.